The minimum Gasteiger partial charge on any atom is -0.334 e. The van der Waals surface area contributed by atoms with Crippen LogP contribution in [0.4, 0.5) is 5.82 Å². The number of nitrogens with zero attached hydrogens (tertiary/aromatic N) is 2. The predicted octanol–water partition coefficient (Wildman–Crippen LogP) is 2.43. The van der Waals surface area contributed by atoms with Crippen molar-refractivity contribution in [1.82, 2.24) is 9.88 Å². The van der Waals surface area contributed by atoms with E-state index in [9.17, 15) is 4.79 Å². The number of hydrogen-bond donors (Lipinski definition) is 2. The van der Waals surface area contributed by atoms with E-state index in [1.54, 1.807) is 12.1 Å². The molecule has 0 aromatic carbocycles. The topological polar surface area (TPSA) is 71.2 Å². The van der Waals surface area contributed by atoms with Crippen molar-refractivity contribution in [2.45, 2.75) is 38.6 Å². The van der Waals surface area contributed by atoms with Crippen molar-refractivity contribution in [2.24, 2.45) is 5.84 Å². The first-order valence-corrected chi connectivity index (χ1v) is 6.99. The summed E-state index contributed by atoms with van der Waals surface area (Å²) in [5.41, 5.74) is 2.71. The van der Waals surface area contributed by atoms with Crippen LogP contribution in [0, 0.1) is 0 Å². The second-order valence-electron chi connectivity index (χ2n) is 4.75. The summed E-state index contributed by atoms with van der Waals surface area (Å²) in [7, 11) is 0. The number of unbranched alkanes of at least 4 members (excludes halogenated alkanes) is 1. The number of nitrogens with one attached hydrogen (secondary N) is 1. The van der Waals surface area contributed by atoms with Gasteiger partial charge >= 0.3 is 0 Å². The SMILES string of the molecule is CCCCN(C(=O)c1nc(NN)ccc1Cl)C1CC1. The molecule has 3 N–H and O–H groups in total. The van der Waals surface area contributed by atoms with Gasteiger partial charge in [0.2, 0.25) is 0 Å². The standard InChI is InChI=1S/C13H19ClN4O/c1-2-3-8-18(9-4-5-9)13(19)12-10(14)6-7-11(16-12)17-15/h6-7,9H,2-5,8,15H2,1H3,(H,16,17). The first-order chi connectivity index (χ1) is 9.17. The third kappa shape index (κ3) is 3.36. The second kappa shape index (κ2) is 6.21. The monoisotopic (exact) mass is 282 g/mol. The number of carbonyl (C=O) groups is 1. The molecule has 1 aromatic heterocycles. The highest BCUT2D eigenvalue weighted by molar-refractivity contribution is 6.33. The number of aromatic nitrogens is 1. The molecule has 104 valence electrons. The summed E-state index contributed by atoms with van der Waals surface area (Å²) in [6, 6.07) is 3.64. The number of pyridine rings is 1. The molecule has 0 aliphatic heterocycles. The van der Waals surface area contributed by atoms with Gasteiger partial charge in [0.05, 0.1) is 5.02 Å². The molecule has 1 saturated carbocycles. The summed E-state index contributed by atoms with van der Waals surface area (Å²) in [6.07, 6.45) is 4.19. The Balaban J connectivity index is 2.20. The molecule has 1 amide bonds. The van der Waals surface area contributed by atoms with Crippen molar-refractivity contribution in [2.75, 3.05) is 12.0 Å². The number of nitrogens with two attached hydrogens (primary N) is 1. The molecular weight excluding hydrogens is 264 g/mol. The van der Waals surface area contributed by atoms with Crippen molar-refractivity contribution in [3.05, 3.63) is 22.8 Å². The summed E-state index contributed by atoms with van der Waals surface area (Å²) in [6.45, 7) is 2.87. The minimum absolute atomic E-state index is 0.0990. The Bertz CT molecular complexity index is 462. The van der Waals surface area contributed by atoms with Crippen LogP contribution < -0.4 is 11.3 Å². The van der Waals surface area contributed by atoms with E-state index in [4.69, 9.17) is 17.4 Å². The fourth-order valence-corrected chi connectivity index (χ4v) is 2.16. The summed E-state index contributed by atoms with van der Waals surface area (Å²) >= 11 is 6.07. The molecule has 1 fully saturated rings. The third-order valence-corrected chi connectivity index (χ3v) is 3.50. The van der Waals surface area contributed by atoms with Crippen LogP contribution in [-0.2, 0) is 0 Å². The largest absolute Gasteiger partial charge is 0.334 e. The molecule has 1 aromatic rings. The average Bonchev–Trinajstić information content (AvgIpc) is 3.24. The van der Waals surface area contributed by atoms with E-state index in [-0.39, 0.29) is 11.6 Å². The van der Waals surface area contributed by atoms with Gasteiger partial charge in [0.1, 0.15) is 11.5 Å². The lowest BCUT2D eigenvalue weighted by atomic mass is 10.2. The Kier molecular flexibility index (Phi) is 4.61. The molecule has 1 heterocycles. The molecular formula is C13H19ClN4O. The van der Waals surface area contributed by atoms with Gasteiger partial charge in [0.25, 0.3) is 5.91 Å². The Morgan fingerprint density at radius 2 is 2.32 bits per heavy atom. The number of anilines is 1. The first-order valence-electron chi connectivity index (χ1n) is 6.61. The molecule has 1 aliphatic rings. The number of rotatable bonds is 6. The molecule has 0 saturated heterocycles. The molecule has 5 nitrogen and oxygen atoms in total. The number of amides is 1. The van der Waals surface area contributed by atoms with Crippen molar-refractivity contribution >= 4 is 23.3 Å². The molecule has 0 radical (unpaired) electrons. The Morgan fingerprint density at radius 3 is 2.89 bits per heavy atom. The zero-order valence-electron chi connectivity index (χ0n) is 11.0. The van der Waals surface area contributed by atoms with Crippen LogP contribution in [0.1, 0.15) is 43.1 Å². The van der Waals surface area contributed by atoms with Crippen LogP contribution >= 0.6 is 11.6 Å². The first kappa shape index (κ1) is 14.1. The van der Waals surface area contributed by atoms with E-state index in [2.05, 4.69) is 17.3 Å². The molecule has 2 rings (SSSR count). The normalized spacial score (nSPS) is 14.3. The third-order valence-electron chi connectivity index (χ3n) is 3.20. The van der Waals surface area contributed by atoms with E-state index in [0.717, 1.165) is 32.2 Å². The fourth-order valence-electron chi connectivity index (χ4n) is 1.97. The van der Waals surface area contributed by atoms with Gasteiger partial charge in [-0.2, -0.15) is 0 Å². The zero-order valence-corrected chi connectivity index (χ0v) is 11.8. The summed E-state index contributed by atoms with van der Waals surface area (Å²) < 4.78 is 0. The molecule has 0 atom stereocenters. The van der Waals surface area contributed by atoms with Crippen LogP contribution in [0.15, 0.2) is 12.1 Å². The van der Waals surface area contributed by atoms with Crippen LogP contribution in [-0.4, -0.2) is 28.4 Å². The lowest BCUT2D eigenvalue weighted by molar-refractivity contribution is 0.0735. The number of nitrogen functional groups attached to an aromatic ring is 1. The van der Waals surface area contributed by atoms with E-state index in [1.807, 2.05) is 4.90 Å². The Hall–Kier alpha value is -1.33. The highest BCUT2D eigenvalue weighted by Crippen LogP contribution is 2.29. The number of hydrogen-bond acceptors (Lipinski definition) is 4. The van der Waals surface area contributed by atoms with Gasteiger partial charge in [-0.1, -0.05) is 24.9 Å². The number of halogens is 1. The molecule has 0 bridgehead atoms. The highest BCUT2D eigenvalue weighted by Gasteiger charge is 2.33. The number of carbonyl (C=O) groups excluding carboxylic acids is 1. The Morgan fingerprint density at radius 1 is 1.58 bits per heavy atom. The van der Waals surface area contributed by atoms with Gasteiger partial charge in [-0.3, -0.25) is 4.79 Å². The van der Waals surface area contributed by atoms with Crippen LogP contribution in [0.2, 0.25) is 5.02 Å². The Labute approximate surface area is 118 Å². The summed E-state index contributed by atoms with van der Waals surface area (Å²) in [5, 5.41) is 0.367. The van der Waals surface area contributed by atoms with E-state index < -0.39 is 0 Å². The smallest absolute Gasteiger partial charge is 0.274 e. The highest BCUT2D eigenvalue weighted by atomic mass is 35.5. The maximum absolute atomic E-state index is 12.5. The molecule has 0 spiro atoms. The van der Waals surface area contributed by atoms with Crippen molar-refractivity contribution in [3.63, 3.8) is 0 Å². The van der Waals surface area contributed by atoms with Crippen LogP contribution in [0.5, 0.6) is 0 Å². The average molecular weight is 283 g/mol. The van der Waals surface area contributed by atoms with Gasteiger partial charge in [0.15, 0.2) is 0 Å². The molecule has 19 heavy (non-hydrogen) atoms. The van der Waals surface area contributed by atoms with Crippen LogP contribution in [0.3, 0.4) is 0 Å². The lowest BCUT2D eigenvalue weighted by Gasteiger charge is -2.22. The number of hydrazine groups is 1. The van der Waals surface area contributed by atoms with Crippen molar-refractivity contribution in [1.29, 1.82) is 0 Å². The molecule has 0 unspecified atom stereocenters. The van der Waals surface area contributed by atoms with E-state index >= 15 is 0 Å². The minimum atomic E-state index is -0.0990. The summed E-state index contributed by atoms with van der Waals surface area (Å²) in [5.74, 6) is 5.66. The van der Waals surface area contributed by atoms with E-state index in [1.165, 1.54) is 0 Å². The van der Waals surface area contributed by atoms with Crippen LogP contribution in [0.25, 0.3) is 0 Å². The van der Waals surface area contributed by atoms with Gasteiger partial charge in [-0.25, -0.2) is 10.8 Å². The van der Waals surface area contributed by atoms with Gasteiger partial charge < -0.3 is 10.3 Å². The maximum Gasteiger partial charge on any atom is 0.274 e. The van der Waals surface area contributed by atoms with E-state index in [0.29, 0.717) is 16.9 Å². The van der Waals surface area contributed by atoms with Gasteiger partial charge in [-0.15, -0.1) is 0 Å². The fraction of sp³-hybridized carbons (Fsp3) is 0.538. The predicted molar refractivity (Wildman–Crippen MR) is 76.0 cm³/mol. The van der Waals surface area contributed by atoms with Gasteiger partial charge in [-0.05, 0) is 31.4 Å². The zero-order chi connectivity index (χ0) is 13.8. The lowest BCUT2D eigenvalue weighted by Crippen LogP contribution is -2.35. The quantitative estimate of drug-likeness (QED) is 0.621. The maximum atomic E-state index is 12.5. The van der Waals surface area contributed by atoms with Gasteiger partial charge in [0, 0.05) is 12.6 Å². The van der Waals surface area contributed by atoms with Crippen molar-refractivity contribution < 1.29 is 4.79 Å². The molecule has 6 heteroatoms. The second-order valence-corrected chi connectivity index (χ2v) is 5.16. The molecule has 1 aliphatic carbocycles. The van der Waals surface area contributed by atoms with Crippen molar-refractivity contribution in [3.8, 4) is 0 Å². The summed E-state index contributed by atoms with van der Waals surface area (Å²) in [4.78, 5) is 18.6.